The Morgan fingerprint density at radius 2 is 1.93 bits per heavy atom. The molecule has 3 rings (SSSR count). The molecule has 0 spiro atoms. The van der Waals surface area contributed by atoms with Gasteiger partial charge in [0.1, 0.15) is 11.4 Å². The summed E-state index contributed by atoms with van der Waals surface area (Å²) in [5, 5.41) is 0.812. The standard InChI is InChI=1S/C24H32O4/c1-8-9-15-12-18(26)27-22-19(17(25)13-23(3,4)5)14(2)16-10-11-24(6,7)28-21(16)20(15)22/h12H,8-11,13H2,1-7H3. The number of carbonyl (C=O) groups excluding carboxylic acids is 1. The van der Waals surface area contributed by atoms with E-state index < -0.39 is 5.63 Å². The van der Waals surface area contributed by atoms with Gasteiger partial charge in [0.25, 0.3) is 0 Å². The predicted octanol–water partition coefficient (Wildman–Crippen LogP) is 5.78. The van der Waals surface area contributed by atoms with Crippen molar-refractivity contribution in [2.75, 3.05) is 0 Å². The molecule has 0 atom stereocenters. The van der Waals surface area contributed by atoms with E-state index in [1.54, 1.807) is 6.07 Å². The molecule has 0 saturated heterocycles. The maximum Gasteiger partial charge on any atom is 0.336 e. The van der Waals surface area contributed by atoms with Gasteiger partial charge in [0, 0.05) is 12.5 Å². The van der Waals surface area contributed by atoms with E-state index in [1.165, 1.54) is 0 Å². The third-order valence-electron chi connectivity index (χ3n) is 5.44. The van der Waals surface area contributed by atoms with Gasteiger partial charge < -0.3 is 9.15 Å². The van der Waals surface area contributed by atoms with Crippen molar-refractivity contribution < 1.29 is 13.9 Å². The maximum atomic E-state index is 13.3. The monoisotopic (exact) mass is 384 g/mol. The molecule has 0 saturated carbocycles. The zero-order valence-corrected chi connectivity index (χ0v) is 18.2. The number of hydrogen-bond acceptors (Lipinski definition) is 4. The number of fused-ring (bicyclic) bond motifs is 3. The van der Waals surface area contributed by atoms with Crippen LogP contribution >= 0.6 is 0 Å². The van der Waals surface area contributed by atoms with Crippen LogP contribution < -0.4 is 10.4 Å². The molecular weight excluding hydrogens is 352 g/mol. The third-order valence-corrected chi connectivity index (χ3v) is 5.44. The molecule has 0 radical (unpaired) electrons. The highest BCUT2D eigenvalue weighted by molar-refractivity contribution is 6.10. The van der Waals surface area contributed by atoms with E-state index in [0.29, 0.717) is 17.6 Å². The molecule has 0 aliphatic carbocycles. The fraction of sp³-hybridized carbons (Fsp3) is 0.583. The molecule has 2 heterocycles. The topological polar surface area (TPSA) is 56.5 Å². The van der Waals surface area contributed by atoms with Crippen molar-refractivity contribution in [3.63, 3.8) is 0 Å². The Kier molecular flexibility index (Phi) is 5.20. The molecule has 1 aliphatic rings. The average molecular weight is 385 g/mol. The molecule has 152 valence electrons. The highest BCUT2D eigenvalue weighted by Gasteiger charge is 2.34. The summed E-state index contributed by atoms with van der Waals surface area (Å²) in [5.74, 6) is 0.822. The van der Waals surface area contributed by atoms with Gasteiger partial charge in [-0.3, -0.25) is 4.79 Å². The summed E-state index contributed by atoms with van der Waals surface area (Å²) in [4.78, 5) is 25.6. The number of aryl methyl sites for hydroxylation is 1. The SMILES string of the molecule is CCCc1cc(=O)oc2c(C(=O)CC(C)(C)C)c(C)c3c(c12)OC(C)(C)CC3. The van der Waals surface area contributed by atoms with Crippen LogP contribution in [-0.2, 0) is 12.8 Å². The van der Waals surface area contributed by atoms with Crippen LogP contribution in [0.1, 0.15) is 87.9 Å². The first-order chi connectivity index (χ1) is 12.9. The molecule has 4 heteroatoms. The van der Waals surface area contributed by atoms with Gasteiger partial charge in [0.15, 0.2) is 11.4 Å². The maximum absolute atomic E-state index is 13.3. The molecule has 1 aromatic carbocycles. The van der Waals surface area contributed by atoms with Gasteiger partial charge in [-0.1, -0.05) is 34.1 Å². The van der Waals surface area contributed by atoms with Crippen LogP contribution in [0.5, 0.6) is 5.75 Å². The van der Waals surface area contributed by atoms with E-state index in [-0.39, 0.29) is 16.8 Å². The van der Waals surface area contributed by atoms with Crippen molar-refractivity contribution in [1.29, 1.82) is 0 Å². The first-order valence-electron chi connectivity index (χ1n) is 10.3. The molecular formula is C24H32O4. The molecule has 1 aromatic heterocycles. The quantitative estimate of drug-likeness (QED) is 0.495. The summed E-state index contributed by atoms with van der Waals surface area (Å²) in [5.41, 5.74) is 3.00. The lowest BCUT2D eigenvalue weighted by atomic mass is 9.82. The van der Waals surface area contributed by atoms with Gasteiger partial charge >= 0.3 is 5.63 Å². The normalized spacial score (nSPS) is 16.0. The van der Waals surface area contributed by atoms with Gasteiger partial charge in [-0.05, 0) is 62.1 Å². The smallest absolute Gasteiger partial charge is 0.336 e. The van der Waals surface area contributed by atoms with Crippen LogP contribution in [0.4, 0.5) is 0 Å². The lowest BCUT2D eigenvalue weighted by Crippen LogP contribution is -2.33. The van der Waals surface area contributed by atoms with Crippen LogP contribution in [0.15, 0.2) is 15.3 Å². The fourth-order valence-corrected chi connectivity index (χ4v) is 4.15. The molecule has 0 unspecified atom stereocenters. The van der Waals surface area contributed by atoms with Crippen LogP contribution in [0.3, 0.4) is 0 Å². The number of ketones is 1. The summed E-state index contributed by atoms with van der Waals surface area (Å²) in [6.07, 6.45) is 3.78. The van der Waals surface area contributed by atoms with E-state index in [0.717, 1.165) is 53.5 Å². The van der Waals surface area contributed by atoms with Crippen LogP contribution in [-0.4, -0.2) is 11.4 Å². The highest BCUT2D eigenvalue weighted by atomic mass is 16.5. The van der Waals surface area contributed by atoms with E-state index in [1.807, 2.05) is 27.7 Å². The predicted molar refractivity (Wildman–Crippen MR) is 113 cm³/mol. The second-order valence-corrected chi connectivity index (χ2v) is 9.87. The Morgan fingerprint density at radius 1 is 1.25 bits per heavy atom. The second kappa shape index (κ2) is 7.06. The Balaban J connectivity index is 2.40. The lowest BCUT2D eigenvalue weighted by Gasteiger charge is -2.35. The minimum Gasteiger partial charge on any atom is -0.487 e. The number of ether oxygens (including phenoxy) is 1. The van der Waals surface area contributed by atoms with Gasteiger partial charge in [-0.25, -0.2) is 4.79 Å². The first kappa shape index (κ1) is 20.6. The average Bonchev–Trinajstić information content (AvgIpc) is 2.51. The number of benzene rings is 1. The van der Waals surface area contributed by atoms with Gasteiger partial charge in [0.05, 0.1) is 10.9 Å². The molecule has 2 aromatic rings. The van der Waals surface area contributed by atoms with Crippen molar-refractivity contribution in [2.45, 2.75) is 86.2 Å². The van der Waals surface area contributed by atoms with Gasteiger partial charge in [-0.2, -0.15) is 0 Å². The largest absolute Gasteiger partial charge is 0.487 e. The summed E-state index contributed by atoms with van der Waals surface area (Å²) in [6.45, 7) is 14.3. The summed E-state index contributed by atoms with van der Waals surface area (Å²) in [6, 6.07) is 1.56. The Bertz CT molecular complexity index is 987. The van der Waals surface area contributed by atoms with Gasteiger partial charge in [-0.15, -0.1) is 0 Å². The highest BCUT2D eigenvalue weighted by Crippen LogP contribution is 2.44. The summed E-state index contributed by atoms with van der Waals surface area (Å²) >= 11 is 0. The number of rotatable bonds is 4. The van der Waals surface area contributed by atoms with E-state index in [2.05, 4.69) is 20.8 Å². The van der Waals surface area contributed by atoms with Crippen molar-refractivity contribution in [1.82, 2.24) is 0 Å². The van der Waals surface area contributed by atoms with Crippen LogP contribution in [0.2, 0.25) is 0 Å². The van der Waals surface area contributed by atoms with Crippen molar-refractivity contribution in [2.24, 2.45) is 5.41 Å². The molecule has 1 aliphatic heterocycles. The Labute approximate surface area is 167 Å². The number of hydrogen-bond donors (Lipinski definition) is 0. The number of Topliss-reactive ketones (excluding diaryl/α,β-unsaturated/α-hetero) is 1. The van der Waals surface area contributed by atoms with Crippen molar-refractivity contribution >= 4 is 16.8 Å². The van der Waals surface area contributed by atoms with E-state index >= 15 is 0 Å². The summed E-state index contributed by atoms with van der Waals surface area (Å²) in [7, 11) is 0. The Hall–Kier alpha value is -2.10. The minimum atomic E-state index is -0.407. The zero-order valence-electron chi connectivity index (χ0n) is 18.2. The lowest BCUT2D eigenvalue weighted by molar-refractivity contribution is 0.0862. The molecule has 0 fully saturated rings. The second-order valence-electron chi connectivity index (χ2n) is 9.87. The molecule has 28 heavy (non-hydrogen) atoms. The van der Waals surface area contributed by atoms with Gasteiger partial charge in [0.2, 0.25) is 0 Å². The van der Waals surface area contributed by atoms with E-state index in [9.17, 15) is 9.59 Å². The Morgan fingerprint density at radius 3 is 2.54 bits per heavy atom. The van der Waals surface area contributed by atoms with Crippen LogP contribution in [0.25, 0.3) is 11.0 Å². The van der Waals surface area contributed by atoms with Crippen molar-refractivity contribution in [3.05, 3.63) is 38.7 Å². The molecule has 4 nitrogen and oxygen atoms in total. The zero-order chi connectivity index (χ0) is 20.9. The molecule has 0 bridgehead atoms. The van der Waals surface area contributed by atoms with Crippen molar-refractivity contribution in [3.8, 4) is 5.75 Å². The number of carbonyl (C=O) groups is 1. The van der Waals surface area contributed by atoms with E-state index in [4.69, 9.17) is 9.15 Å². The summed E-state index contributed by atoms with van der Waals surface area (Å²) < 4.78 is 12.1. The van der Waals surface area contributed by atoms with Crippen LogP contribution in [0, 0.1) is 12.3 Å². The first-order valence-corrected chi connectivity index (χ1v) is 10.3. The third kappa shape index (κ3) is 3.87. The molecule has 0 N–H and O–H groups in total. The molecule has 0 amide bonds. The minimum absolute atomic E-state index is 0.0273. The fourth-order valence-electron chi connectivity index (χ4n) is 4.15.